The van der Waals surface area contributed by atoms with Crippen LogP contribution >= 0.6 is 0 Å². The second-order valence-corrected chi connectivity index (χ2v) is 7.20. The summed E-state index contributed by atoms with van der Waals surface area (Å²) in [6.45, 7) is 8.47. The number of rotatable bonds is 3. The second-order valence-electron chi connectivity index (χ2n) is 7.20. The average Bonchev–Trinajstić information content (AvgIpc) is 3.02. The first-order valence-electron chi connectivity index (χ1n) is 7.82. The minimum Gasteiger partial charge on any atom is -0.465 e. The van der Waals surface area contributed by atoms with E-state index in [4.69, 9.17) is 10.2 Å². The number of hydrogen-bond acceptors (Lipinski definition) is 3. The van der Waals surface area contributed by atoms with E-state index in [0.29, 0.717) is 11.8 Å². The smallest absolute Gasteiger partial charge is 0.109 e. The number of furan rings is 1. The van der Waals surface area contributed by atoms with Crippen LogP contribution in [-0.2, 0) is 5.41 Å². The van der Waals surface area contributed by atoms with Crippen LogP contribution in [0.1, 0.15) is 64.4 Å². The van der Waals surface area contributed by atoms with E-state index in [0.717, 1.165) is 42.2 Å². The van der Waals surface area contributed by atoms with E-state index in [2.05, 4.69) is 37.9 Å². The molecule has 0 amide bonds. The highest BCUT2D eigenvalue weighted by atomic mass is 16.3. The van der Waals surface area contributed by atoms with Crippen molar-refractivity contribution in [1.29, 1.82) is 0 Å². The van der Waals surface area contributed by atoms with Crippen LogP contribution in [0, 0.1) is 5.92 Å². The Morgan fingerprint density at radius 2 is 2.05 bits per heavy atom. The molecule has 2 N–H and O–H groups in total. The van der Waals surface area contributed by atoms with Gasteiger partial charge in [-0.1, -0.05) is 20.8 Å². The summed E-state index contributed by atoms with van der Waals surface area (Å²) in [6.07, 6.45) is 5.44. The van der Waals surface area contributed by atoms with Gasteiger partial charge in [0.15, 0.2) is 0 Å². The monoisotopic (exact) mass is 288 g/mol. The van der Waals surface area contributed by atoms with Crippen LogP contribution in [0.3, 0.4) is 0 Å². The maximum Gasteiger partial charge on any atom is 0.109 e. The summed E-state index contributed by atoms with van der Waals surface area (Å²) in [6, 6.07) is 4.28. The number of aliphatic imine (C=N–C) groups is 1. The van der Waals surface area contributed by atoms with E-state index < -0.39 is 0 Å². The third-order valence-electron chi connectivity index (χ3n) is 4.25. The Kier molecular flexibility index (Phi) is 4.60. The summed E-state index contributed by atoms with van der Waals surface area (Å²) in [5, 5.41) is 0. The molecule has 0 radical (unpaired) electrons. The fourth-order valence-electron chi connectivity index (χ4n) is 3.08. The topological polar surface area (TPSA) is 51.5 Å². The van der Waals surface area contributed by atoms with Crippen molar-refractivity contribution in [1.82, 2.24) is 0 Å². The lowest BCUT2D eigenvalue weighted by atomic mass is 9.94. The summed E-state index contributed by atoms with van der Waals surface area (Å²) in [5.74, 6) is 3.21. The molecule has 1 aliphatic carbocycles. The van der Waals surface area contributed by atoms with Crippen LogP contribution < -0.4 is 5.73 Å². The van der Waals surface area contributed by atoms with Gasteiger partial charge in [0.1, 0.15) is 11.5 Å². The van der Waals surface area contributed by atoms with Gasteiger partial charge in [0.25, 0.3) is 0 Å². The van der Waals surface area contributed by atoms with E-state index in [-0.39, 0.29) is 5.41 Å². The molecule has 2 rings (SSSR count). The zero-order chi connectivity index (χ0) is 15.6. The number of allylic oxidation sites excluding steroid dienone is 2. The predicted molar refractivity (Wildman–Crippen MR) is 88.8 cm³/mol. The van der Waals surface area contributed by atoms with Gasteiger partial charge in [0.2, 0.25) is 0 Å². The van der Waals surface area contributed by atoms with Gasteiger partial charge >= 0.3 is 0 Å². The first-order valence-corrected chi connectivity index (χ1v) is 7.82. The Bertz CT molecular complexity index is 542. The largest absolute Gasteiger partial charge is 0.465 e. The molecule has 2 atom stereocenters. The van der Waals surface area contributed by atoms with Gasteiger partial charge in [-0.25, -0.2) is 0 Å². The zero-order valence-corrected chi connectivity index (χ0v) is 13.9. The molecule has 1 aromatic heterocycles. The average molecular weight is 288 g/mol. The zero-order valence-electron chi connectivity index (χ0n) is 13.9. The van der Waals surface area contributed by atoms with Crippen LogP contribution in [0.15, 0.2) is 33.3 Å². The van der Waals surface area contributed by atoms with Gasteiger partial charge in [-0.3, -0.25) is 4.99 Å². The second kappa shape index (κ2) is 6.08. The van der Waals surface area contributed by atoms with Crippen molar-refractivity contribution in [2.24, 2.45) is 16.6 Å². The van der Waals surface area contributed by atoms with Crippen LogP contribution in [0.25, 0.3) is 0 Å². The summed E-state index contributed by atoms with van der Waals surface area (Å²) < 4.78 is 6.09. The molecule has 0 saturated heterocycles. The molecular weight excluding hydrogens is 260 g/mol. The van der Waals surface area contributed by atoms with Crippen molar-refractivity contribution >= 4 is 5.71 Å². The Labute approximate surface area is 128 Å². The minimum atomic E-state index is 0.0751. The van der Waals surface area contributed by atoms with E-state index in [9.17, 15) is 0 Å². The molecule has 116 valence electrons. The number of hydrogen-bond donors (Lipinski definition) is 1. The molecule has 0 aromatic carbocycles. The third kappa shape index (κ3) is 3.78. The van der Waals surface area contributed by atoms with Crippen molar-refractivity contribution in [3.05, 3.63) is 35.4 Å². The first-order chi connectivity index (χ1) is 9.81. The molecule has 1 aliphatic rings. The van der Waals surface area contributed by atoms with E-state index in [1.54, 1.807) is 0 Å². The lowest BCUT2D eigenvalue weighted by Crippen LogP contribution is -2.11. The first kappa shape index (κ1) is 15.9. The molecule has 3 heteroatoms. The molecule has 3 nitrogen and oxygen atoms in total. The standard InChI is InChI=1S/C18H28N2O/c1-12(19)10-15(20-5)13-6-7-14(11-13)16-8-9-17(21-16)18(2,3)4/h8-10,13-14H,6-7,11,19H2,1-5H3/b12-10+,20-15?. The van der Waals surface area contributed by atoms with Crippen molar-refractivity contribution in [2.45, 2.75) is 58.3 Å². The molecule has 1 fully saturated rings. The van der Waals surface area contributed by atoms with Crippen LogP contribution in [0.4, 0.5) is 0 Å². The van der Waals surface area contributed by atoms with Gasteiger partial charge in [-0.2, -0.15) is 0 Å². The fourth-order valence-corrected chi connectivity index (χ4v) is 3.08. The molecule has 2 unspecified atom stereocenters. The van der Waals surface area contributed by atoms with Crippen LogP contribution in [-0.4, -0.2) is 12.8 Å². The molecule has 21 heavy (non-hydrogen) atoms. The summed E-state index contributed by atoms with van der Waals surface area (Å²) in [4.78, 5) is 4.41. The van der Waals surface area contributed by atoms with Crippen molar-refractivity contribution < 1.29 is 4.42 Å². The normalized spacial score (nSPS) is 24.6. The lowest BCUT2D eigenvalue weighted by Gasteiger charge is -2.15. The third-order valence-corrected chi connectivity index (χ3v) is 4.25. The fraction of sp³-hybridized carbons (Fsp3) is 0.611. The quantitative estimate of drug-likeness (QED) is 0.838. The summed E-state index contributed by atoms with van der Waals surface area (Å²) >= 11 is 0. The Hall–Kier alpha value is -1.51. The van der Waals surface area contributed by atoms with Gasteiger partial charge in [-0.05, 0) is 44.4 Å². The highest BCUT2D eigenvalue weighted by molar-refractivity contribution is 5.97. The van der Waals surface area contributed by atoms with Crippen LogP contribution in [0.5, 0.6) is 0 Å². The van der Waals surface area contributed by atoms with Gasteiger partial charge < -0.3 is 10.2 Å². The number of nitrogens with two attached hydrogens (primary N) is 1. The van der Waals surface area contributed by atoms with Crippen molar-refractivity contribution in [3.63, 3.8) is 0 Å². The highest BCUT2D eigenvalue weighted by Gasteiger charge is 2.31. The minimum absolute atomic E-state index is 0.0751. The highest BCUT2D eigenvalue weighted by Crippen LogP contribution is 2.40. The summed E-state index contributed by atoms with van der Waals surface area (Å²) in [7, 11) is 1.85. The van der Waals surface area contributed by atoms with E-state index in [1.165, 1.54) is 0 Å². The van der Waals surface area contributed by atoms with Crippen molar-refractivity contribution in [3.8, 4) is 0 Å². The van der Waals surface area contributed by atoms with Gasteiger partial charge in [0.05, 0.1) is 0 Å². The molecule has 1 saturated carbocycles. The van der Waals surface area contributed by atoms with Gasteiger partial charge in [-0.15, -0.1) is 0 Å². The number of nitrogens with zero attached hydrogens (tertiary/aromatic N) is 1. The Balaban J connectivity index is 2.09. The van der Waals surface area contributed by atoms with E-state index >= 15 is 0 Å². The van der Waals surface area contributed by atoms with Crippen molar-refractivity contribution in [2.75, 3.05) is 7.05 Å². The molecule has 0 spiro atoms. The SMILES string of the molecule is CN=C(/C=C(\C)N)C1CCC(c2ccc(C(C)(C)C)o2)C1. The molecule has 0 bridgehead atoms. The van der Waals surface area contributed by atoms with E-state index in [1.807, 2.05) is 20.0 Å². The molecular formula is C18H28N2O. The molecule has 0 aliphatic heterocycles. The Morgan fingerprint density at radius 3 is 2.57 bits per heavy atom. The van der Waals surface area contributed by atoms with Crippen LogP contribution in [0.2, 0.25) is 0 Å². The van der Waals surface area contributed by atoms with Gasteiger partial charge in [0, 0.05) is 35.7 Å². The Morgan fingerprint density at radius 1 is 1.33 bits per heavy atom. The predicted octanol–water partition coefficient (Wildman–Crippen LogP) is 4.39. The summed E-state index contributed by atoms with van der Waals surface area (Å²) in [5.41, 5.74) is 7.82. The maximum absolute atomic E-state index is 6.09. The lowest BCUT2D eigenvalue weighted by molar-refractivity contribution is 0.369. The molecule has 1 aromatic rings. The maximum atomic E-state index is 6.09. The molecule has 1 heterocycles.